The van der Waals surface area contributed by atoms with Crippen molar-refractivity contribution in [1.29, 1.82) is 0 Å². The average molecular weight is 423 g/mol. The topological polar surface area (TPSA) is 48.1 Å². The summed E-state index contributed by atoms with van der Waals surface area (Å²) in [7, 11) is -1.20. The first-order chi connectivity index (χ1) is 14.4. The lowest BCUT2D eigenvalue weighted by molar-refractivity contribution is -0.133. The van der Waals surface area contributed by atoms with Crippen LogP contribution in [0.2, 0.25) is 5.04 Å². The lowest BCUT2D eigenvalue weighted by Gasteiger charge is -2.43. The van der Waals surface area contributed by atoms with Crippen LogP contribution in [0.25, 0.3) is 0 Å². The summed E-state index contributed by atoms with van der Waals surface area (Å²) in [6, 6.07) is 21.2. The van der Waals surface area contributed by atoms with Gasteiger partial charge in [-0.1, -0.05) is 87.4 Å². The highest BCUT2D eigenvalue weighted by molar-refractivity contribution is 6.99. The third-order valence-electron chi connectivity index (χ3n) is 5.50. The van der Waals surface area contributed by atoms with Gasteiger partial charge in [0, 0.05) is 12.3 Å². The Labute approximate surface area is 180 Å². The van der Waals surface area contributed by atoms with Crippen LogP contribution in [0.5, 0.6) is 0 Å². The first-order valence-corrected chi connectivity index (χ1v) is 12.3. The van der Waals surface area contributed by atoms with Gasteiger partial charge in [-0.3, -0.25) is 0 Å². The molecule has 1 aliphatic heterocycles. The minimum atomic E-state index is -2.53. The molecule has 2 atom stereocenters. The van der Waals surface area contributed by atoms with E-state index in [0.717, 1.165) is 6.42 Å². The van der Waals surface area contributed by atoms with Crippen molar-refractivity contribution in [3.8, 4) is 11.8 Å². The maximum Gasteiger partial charge on any atom is 0.384 e. The van der Waals surface area contributed by atoms with Crippen LogP contribution in [-0.2, 0) is 18.7 Å². The van der Waals surface area contributed by atoms with Crippen molar-refractivity contribution in [2.45, 2.75) is 50.9 Å². The highest BCUT2D eigenvalue weighted by Crippen LogP contribution is 2.38. The van der Waals surface area contributed by atoms with Crippen molar-refractivity contribution in [3.63, 3.8) is 0 Å². The van der Waals surface area contributed by atoms with Crippen molar-refractivity contribution in [2.24, 2.45) is 0 Å². The molecule has 0 radical (unpaired) electrons. The molecule has 4 nitrogen and oxygen atoms in total. The summed E-state index contributed by atoms with van der Waals surface area (Å²) < 4.78 is 17.3. The molecule has 1 saturated heterocycles. The molecule has 0 unspecified atom stereocenters. The number of carbonyl (C=O) groups is 1. The normalized spacial score (nSPS) is 18.3. The second-order valence-corrected chi connectivity index (χ2v) is 12.8. The molecule has 1 heterocycles. The van der Waals surface area contributed by atoms with Gasteiger partial charge in [-0.25, -0.2) is 4.79 Å². The zero-order valence-corrected chi connectivity index (χ0v) is 19.2. The van der Waals surface area contributed by atoms with E-state index in [2.05, 4.69) is 85.9 Å². The minimum Gasteiger partial charge on any atom is -0.459 e. The van der Waals surface area contributed by atoms with Crippen LogP contribution in [0.4, 0.5) is 0 Å². The van der Waals surface area contributed by atoms with E-state index in [1.54, 1.807) is 0 Å². The van der Waals surface area contributed by atoms with Crippen LogP contribution in [-0.4, -0.2) is 40.2 Å². The van der Waals surface area contributed by atoms with Gasteiger partial charge in [0.1, 0.15) is 6.10 Å². The standard InChI is InChI=1S/C25H30O4Si/c1-25(2,3)30(20-13-7-5-8-14-20,21-15-9-6-10-16-21)28-19-23-22(29-23)17-11-12-18-24(26)27-4/h5-10,13-16,22-23H,11,17,19H2,1-4H3/t22-,23+/m1/s1. The molecule has 0 saturated carbocycles. The van der Waals surface area contributed by atoms with E-state index < -0.39 is 14.3 Å². The molecule has 1 aliphatic rings. The van der Waals surface area contributed by atoms with Gasteiger partial charge >= 0.3 is 5.97 Å². The Morgan fingerprint density at radius 2 is 1.57 bits per heavy atom. The first-order valence-electron chi connectivity index (χ1n) is 10.4. The maximum absolute atomic E-state index is 11.1. The van der Waals surface area contributed by atoms with Crippen molar-refractivity contribution in [2.75, 3.05) is 13.7 Å². The van der Waals surface area contributed by atoms with Crippen LogP contribution in [0.3, 0.4) is 0 Å². The van der Waals surface area contributed by atoms with Crippen LogP contribution >= 0.6 is 0 Å². The molecule has 5 heteroatoms. The first kappa shape index (κ1) is 22.3. The second kappa shape index (κ2) is 9.61. The highest BCUT2D eigenvalue weighted by atomic mass is 28.4. The monoisotopic (exact) mass is 422 g/mol. The SMILES string of the molecule is COC(=O)C#CCC[C@H]1O[C@H]1CO[Si](c1ccccc1)(c1ccccc1)C(C)(C)C. The van der Waals surface area contributed by atoms with Gasteiger partial charge < -0.3 is 13.9 Å². The van der Waals surface area contributed by atoms with Crippen molar-refractivity contribution >= 4 is 24.7 Å². The predicted octanol–water partition coefficient (Wildman–Crippen LogP) is 3.29. The summed E-state index contributed by atoms with van der Waals surface area (Å²) in [5.41, 5.74) is 0. The van der Waals surface area contributed by atoms with Gasteiger partial charge in [0.05, 0.1) is 19.8 Å². The summed E-state index contributed by atoms with van der Waals surface area (Å²) in [6.45, 7) is 7.37. The van der Waals surface area contributed by atoms with Gasteiger partial charge in [0.2, 0.25) is 0 Å². The Morgan fingerprint density at radius 1 is 1.00 bits per heavy atom. The molecule has 30 heavy (non-hydrogen) atoms. The molecule has 2 aromatic rings. The molecular weight excluding hydrogens is 392 g/mol. The third-order valence-corrected chi connectivity index (χ3v) is 10.5. The molecular formula is C25H30O4Si. The van der Waals surface area contributed by atoms with Crippen LogP contribution in [0, 0.1) is 11.8 Å². The number of methoxy groups -OCH3 is 1. The zero-order chi connectivity index (χ0) is 21.6. The summed E-state index contributed by atoms with van der Waals surface area (Å²) in [6.07, 6.45) is 1.61. The summed E-state index contributed by atoms with van der Waals surface area (Å²) in [5, 5.41) is 2.49. The van der Waals surface area contributed by atoms with Crippen molar-refractivity contribution in [3.05, 3.63) is 60.7 Å². The van der Waals surface area contributed by atoms with Crippen molar-refractivity contribution in [1.82, 2.24) is 0 Å². The smallest absolute Gasteiger partial charge is 0.384 e. The van der Waals surface area contributed by atoms with Crippen LogP contribution in [0.15, 0.2) is 60.7 Å². The summed E-state index contributed by atoms with van der Waals surface area (Å²) >= 11 is 0. The Kier molecular flexibility index (Phi) is 7.14. The molecule has 3 rings (SSSR count). The lowest BCUT2D eigenvalue weighted by atomic mass is 10.2. The number of carbonyl (C=O) groups excluding carboxylic acids is 1. The molecule has 158 valence electrons. The van der Waals surface area contributed by atoms with E-state index in [4.69, 9.17) is 9.16 Å². The van der Waals surface area contributed by atoms with E-state index >= 15 is 0 Å². The van der Waals surface area contributed by atoms with E-state index in [1.165, 1.54) is 17.5 Å². The third kappa shape index (κ3) is 5.01. The molecule has 0 spiro atoms. The second-order valence-electron chi connectivity index (χ2n) is 8.52. The Balaban J connectivity index is 1.75. The summed E-state index contributed by atoms with van der Waals surface area (Å²) in [5.74, 6) is 4.80. The maximum atomic E-state index is 11.1. The van der Waals surface area contributed by atoms with Gasteiger partial charge in [0.15, 0.2) is 0 Å². The molecule has 1 fully saturated rings. The number of esters is 1. The molecule has 0 bridgehead atoms. The molecule has 0 amide bonds. The molecule has 0 aromatic heterocycles. The Bertz CT molecular complexity index is 854. The lowest BCUT2D eigenvalue weighted by Crippen LogP contribution is -2.66. The van der Waals surface area contributed by atoms with E-state index in [-0.39, 0.29) is 17.2 Å². The van der Waals surface area contributed by atoms with E-state index in [9.17, 15) is 4.79 Å². The van der Waals surface area contributed by atoms with E-state index in [1.807, 2.05) is 12.1 Å². The Hall–Kier alpha value is -2.39. The van der Waals surface area contributed by atoms with Gasteiger partial charge in [-0.15, -0.1) is 0 Å². The average Bonchev–Trinajstić information content (AvgIpc) is 3.50. The Morgan fingerprint density at radius 3 is 2.07 bits per heavy atom. The number of epoxide rings is 1. The number of benzene rings is 2. The van der Waals surface area contributed by atoms with E-state index in [0.29, 0.717) is 13.0 Å². The fourth-order valence-corrected chi connectivity index (χ4v) is 8.52. The molecule has 0 N–H and O–H groups in total. The molecule has 0 aliphatic carbocycles. The quantitative estimate of drug-likeness (QED) is 0.226. The minimum absolute atomic E-state index is 0.0495. The van der Waals surface area contributed by atoms with Crippen LogP contribution < -0.4 is 10.4 Å². The largest absolute Gasteiger partial charge is 0.459 e. The van der Waals surface area contributed by atoms with Gasteiger partial charge in [-0.05, 0) is 21.8 Å². The number of rotatable bonds is 7. The van der Waals surface area contributed by atoms with Crippen molar-refractivity contribution < 1.29 is 18.7 Å². The van der Waals surface area contributed by atoms with Crippen LogP contribution in [0.1, 0.15) is 33.6 Å². The fraction of sp³-hybridized carbons (Fsp3) is 0.400. The zero-order valence-electron chi connectivity index (χ0n) is 18.2. The number of ether oxygens (including phenoxy) is 2. The predicted molar refractivity (Wildman–Crippen MR) is 121 cm³/mol. The number of hydrogen-bond donors (Lipinski definition) is 0. The fourth-order valence-electron chi connectivity index (χ4n) is 3.95. The van der Waals surface area contributed by atoms with Gasteiger partial charge in [0.25, 0.3) is 8.32 Å². The summed E-state index contributed by atoms with van der Waals surface area (Å²) in [4.78, 5) is 11.1. The number of hydrogen-bond acceptors (Lipinski definition) is 4. The van der Waals surface area contributed by atoms with Gasteiger partial charge in [-0.2, -0.15) is 0 Å². The highest BCUT2D eigenvalue weighted by Gasteiger charge is 2.51. The molecule has 2 aromatic carbocycles.